The summed E-state index contributed by atoms with van der Waals surface area (Å²) in [6, 6.07) is 7.50. The van der Waals surface area contributed by atoms with Crippen molar-refractivity contribution in [2.45, 2.75) is 19.4 Å². The molecule has 2 aromatic heterocycles. The number of anilines is 1. The van der Waals surface area contributed by atoms with Crippen molar-refractivity contribution >= 4 is 11.6 Å². The highest BCUT2D eigenvalue weighted by Crippen LogP contribution is 2.30. The average Bonchev–Trinajstić information content (AvgIpc) is 3.35. The van der Waals surface area contributed by atoms with Gasteiger partial charge in [-0.3, -0.25) is 4.40 Å². The monoisotopic (exact) mass is 349 g/mol. The molecule has 132 valence electrons. The molecule has 0 aliphatic carbocycles. The first-order valence-electron chi connectivity index (χ1n) is 8.56. The zero-order valence-electron chi connectivity index (χ0n) is 14.5. The lowest BCUT2D eigenvalue weighted by atomic mass is 10.0. The van der Waals surface area contributed by atoms with E-state index in [1.807, 2.05) is 22.9 Å². The number of aromatic nitrogens is 3. The van der Waals surface area contributed by atoms with Crippen LogP contribution in [0.25, 0.3) is 17.0 Å². The Kier molecular flexibility index (Phi) is 4.19. The van der Waals surface area contributed by atoms with Gasteiger partial charge in [0.25, 0.3) is 0 Å². The molecule has 7 nitrogen and oxygen atoms in total. The van der Waals surface area contributed by atoms with Crippen LogP contribution in [0.1, 0.15) is 24.0 Å². The smallest absolute Gasteiger partial charge is 0.236 e. The van der Waals surface area contributed by atoms with Crippen molar-refractivity contribution < 1.29 is 9.84 Å². The van der Waals surface area contributed by atoms with Gasteiger partial charge in [0.05, 0.1) is 25.0 Å². The summed E-state index contributed by atoms with van der Waals surface area (Å²) in [5.74, 6) is 1.98. The second-order valence-electron chi connectivity index (χ2n) is 6.29. The van der Waals surface area contributed by atoms with Gasteiger partial charge in [-0.1, -0.05) is 0 Å². The van der Waals surface area contributed by atoms with E-state index in [0.29, 0.717) is 33.9 Å². The number of ether oxygens (including phenoxy) is 1. The summed E-state index contributed by atoms with van der Waals surface area (Å²) in [4.78, 5) is 11.5. The Morgan fingerprint density at radius 3 is 2.77 bits per heavy atom. The summed E-state index contributed by atoms with van der Waals surface area (Å²) in [6.07, 6.45) is 6.18. The third-order valence-corrected chi connectivity index (χ3v) is 4.73. The Morgan fingerprint density at radius 1 is 1.27 bits per heavy atom. The van der Waals surface area contributed by atoms with Crippen molar-refractivity contribution in [2.75, 3.05) is 25.1 Å². The van der Waals surface area contributed by atoms with E-state index >= 15 is 0 Å². The molecule has 0 atom stereocenters. The van der Waals surface area contributed by atoms with E-state index in [2.05, 4.69) is 20.9 Å². The number of hydrogen-bond acceptors (Lipinski definition) is 6. The van der Waals surface area contributed by atoms with Crippen LogP contribution < -0.4 is 9.64 Å². The third kappa shape index (κ3) is 2.74. The van der Waals surface area contributed by atoms with Gasteiger partial charge in [0, 0.05) is 31.0 Å². The molecular weight excluding hydrogens is 330 g/mol. The van der Waals surface area contributed by atoms with Gasteiger partial charge in [-0.15, -0.1) is 0 Å². The standard InChI is InChI=1S/C19H19N5O2/c1-26-17-9-14(12-25)15(8-13(17)10-20)16-11-24-7-4-18(22-19(24)21-16)23-5-2-3-6-23/h4,7-9,11,25H,2-3,5-6,12H2,1H3. The largest absolute Gasteiger partial charge is 0.495 e. The first-order valence-corrected chi connectivity index (χ1v) is 8.56. The van der Waals surface area contributed by atoms with E-state index < -0.39 is 0 Å². The van der Waals surface area contributed by atoms with Crippen molar-refractivity contribution in [2.24, 2.45) is 0 Å². The van der Waals surface area contributed by atoms with Gasteiger partial charge in [0.15, 0.2) is 0 Å². The Balaban J connectivity index is 1.80. The number of nitriles is 1. The molecule has 0 bridgehead atoms. The van der Waals surface area contributed by atoms with E-state index in [1.54, 1.807) is 12.1 Å². The average molecular weight is 349 g/mol. The van der Waals surface area contributed by atoms with Crippen LogP contribution >= 0.6 is 0 Å². The summed E-state index contributed by atoms with van der Waals surface area (Å²) in [6.45, 7) is 1.88. The fourth-order valence-electron chi connectivity index (χ4n) is 3.36. The molecule has 1 fully saturated rings. The van der Waals surface area contributed by atoms with Crippen LogP contribution in [0.2, 0.25) is 0 Å². The molecule has 7 heteroatoms. The lowest BCUT2D eigenvalue weighted by Gasteiger charge is -2.15. The van der Waals surface area contributed by atoms with E-state index in [-0.39, 0.29) is 6.61 Å². The highest BCUT2D eigenvalue weighted by Gasteiger charge is 2.17. The van der Waals surface area contributed by atoms with Crippen molar-refractivity contribution in [3.63, 3.8) is 0 Å². The molecule has 0 unspecified atom stereocenters. The highest BCUT2D eigenvalue weighted by molar-refractivity contribution is 5.70. The number of benzene rings is 1. The molecular formula is C19H19N5O2. The molecule has 0 spiro atoms. The zero-order valence-corrected chi connectivity index (χ0v) is 14.5. The molecule has 1 N–H and O–H groups in total. The first-order chi connectivity index (χ1) is 12.7. The van der Waals surface area contributed by atoms with Crippen molar-refractivity contribution in [1.29, 1.82) is 5.26 Å². The molecule has 0 radical (unpaired) electrons. The van der Waals surface area contributed by atoms with E-state index in [1.165, 1.54) is 20.0 Å². The van der Waals surface area contributed by atoms with Gasteiger partial charge in [-0.25, -0.2) is 4.98 Å². The minimum absolute atomic E-state index is 0.169. The summed E-state index contributed by atoms with van der Waals surface area (Å²) in [5, 5.41) is 19.1. The predicted molar refractivity (Wildman–Crippen MR) is 97.1 cm³/mol. The van der Waals surface area contributed by atoms with Gasteiger partial charge in [0.2, 0.25) is 5.78 Å². The van der Waals surface area contributed by atoms with Crippen LogP contribution in [-0.2, 0) is 6.61 Å². The summed E-state index contributed by atoms with van der Waals surface area (Å²) >= 11 is 0. The lowest BCUT2D eigenvalue weighted by Crippen LogP contribution is -2.19. The molecule has 1 saturated heterocycles. The minimum atomic E-state index is -0.169. The van der Waals surface area contributed by atoms with Crippen LogP contribution in [0.4, 0.5) is 5.82 Å². The topological polar surface area (TPSA) is 86.7 Å². The van der Waals surface area contributed by atoms with E-state index in [9.17, 15) is 10.4 Å². The number of imidazole rings is 1. The molecule has 3 heterocycles. The lowest BCUT2D eigenvalue weighted by molar-refractivity contribution is 0.281. The Bertz CT molecular complexity index is 999. The molecule has 1 aromatic carbocycles. The van der Waals surface area contributed by atoms with Crippen LogP contribution in [0.5, 0.6) is 5.75 Å². The molecule has 1 aliphatic heterocycles. The van der Waals surface area contributed by atoms with Crippen LogP contribution in [0.15, 0.2) is 30.6 Å². The normalized spacial score (nSPS) is 14.0. The molecule has 4 rings (SSSR count). The van der Waals surface area contributed by atoms with Crippen molar-refractivity contribution in [3.8, 4) is 23.1 Å². The number of hydrogen-bond donors (Lipinski definition) is 1. The predicted octanol–water partition coefficient (Wildman–Crippen LogP) is 2.37. The fourth-order valence-corrected chi connectivity index (χ4v) is 3.36. The van der Waals surface area contributed by atoms with Crippen molar-refractivity contribution in [3.05, 3.63) is 41.7 Å². The zero-order chi connectivity index (χ0) is 18.1. The maximum absolute atomic E-state index is 9.73. The van der Waals surface area contributed by atoms with Gasteiger partial charge < -0.3 is 14.7 Å². The molecule has 0 saturated carbocycles. The first kappa shape index (κ1) is 16.4. The fraction of sp³-hybridized carbons (Fsp3) is 0.316. The Morgan fingerprint density at radius 2 is 2.08 bits per heavy atom. The highest BCUT2D eigenvalue weighted by atomic mass is 16.5. The number of rotatable bonds is 4. The van der Waals surface area contributed by atoms with Crippen LogP contribution in [0, 0.1) is 11.3 Å². The quantitative estimate of drug-likeness (QED) is 0.778. The number of aliphatic hydroxyl groups is 1. The van der Waals surface area contributed by atoms with Crippen LogP contribution in [0.3, 0.4) is 0 Å². The number of methoxy groups -OCH3 is 1. The van der Waals surface area contributed by atoms with E-state index in [0.717, 1.165) is 18.9 Å². The second kappa shape index (κ2) is 6.65. The number of aliphatic hydroxyl groups excluding tert-OH is 1. The SMILES string of the molecule is COc1cc(CO)c(-c2cn3ccc(N4CCCC4)nc3n2)cc1C#N. The molecule has 26 heavy (non-hydrogen) atoms. The Labute approximate surface area is 151 Å². The maximum atomic E-state index is 9.73. The Hall–Kier alpha value is -3.11. The molecule has 1 aliphatic rings. The van der Waals surface area contributed by atoms with Gasteiger partial charge >= 0.3 is 0 Å². The minimum Gasteiger partial charge on any atom is -0.495 e. The van der Waals surface area contributed by atoms with Gasteiger partial charge in [0.1, 0.15) is 17.6 Å². The van der Waals surface area contributed by atoms with Crippen molar-refractivity contribution in [1.82, 2.24) is 14.4 Å². The third-order valence-electron chi connectivity index (χ3n) is 4.73. The summed E-state index contributed by atoms with van der Waals surface area (Å²) in [5.41, 5.74) is 2.43. The van der Waals surface area contributed by atoms with E-state index in [4.69, 9.17) is 4.74 Å². The molecule has 0 amide bonds. The summed E-state index contributed by atoms with van der Waals surface area (Å²) in [7, 11) is 1.51. The van der Waals surface area contributed by atoms with Crippen LogP contribution in [-0.4, -0.2) is 39.7 Å². The van der Waals surface area contributed by atoms with Gasteiger partial charge in [-0.05, 0) is 36.6 Å². The summed E-state index contributed by atoms with van der Waals surface area (Å²) < 4.78 is 7.08. The van der Waals surface area contributed by atoms with Gasteiger partial charge in [-0.2, -0.15) is 10.2 Å². The number of fused-ring (bicyclic) bond motifs is 1. The maximum Gasteiger partial charge on any atom is 0.236 e. The molecule has 3 aromatic rings. The second-order valence-corrected chi connectivity index (χ2v) is 6.29. The number of nitrogens with zero attached hydrogens (tertiary/aromatic N) is 5.